The number of aromatic amines is 1. The predicted octanol–water partition coefficient (Wildman–Crippen LogP) is 4.38. The fraction of sp³-hybridized carbons (Fsp3) is 0.0500. The lowest BCUT2D eigenvalue weighted by atomic mass is 10.1. The first-order valence-corrected chi connectivity index (χ1v) is 8.14. The van der Waals surface area contributed by atoms with Crippen LogP contribution in [-0.2, 0) is 0 Å². The summed E-state index contributed by atoms with van der Waals surface area (Å²) in [7, 11) is 1.85. The van der Waals surface area contributed by atoms with Crippen molar-refractivity contribution >= 4 is 5.69 Å². The van der Waals surface area contributed by atoms with E-state index in [0.717, 1.165) is 33.8 Å². The fourth-order valence-corrected chi connectivity index (χ4v) is 2.76. The smallest absolute Gasteiger partial charge is 0.138 e. The van der Waals surface area contributed by atoms with Crippen molar-refractivity contribution in [3.8, 4) is 33.9 Å². The van der Waals surface area contributed by atoms with E-state index >= 15 is 0 Å². The van der Waals surface area contributed by atoms with Crippen LogP contribution in [0.25, 0.3) is 33.9 Å². The van der Waals surface area contributed by atoms with E-state index in [1.165, 1.54) is 12.1 Å². The van der Waals surface area contributed by atoms with E-state index in [4.69, 9.17) is 4.98 Å². The third-order valence-corrected chi connectivity index (χ3v) is 4.09. The first kappa shape index (κ1) is 16.0. The molecule has 0 spiro atoms. The number of H-pyrrole nitrogens is 1. The van der Waals surface area contributed by atoms with Crippen LogP contribution >= 0.6 is 0 Å². The van der Waals surface area contributed by atoms with Crippen molar-refractivity contribution < 1.29 is 4.39 Å². The van der Waals surface area contributed by atoms with Gasteiger partial charge in [-0.15, -0.1) is 0 Å². The van der Waals surface area contributed by atoms with Crippen LogP contribution < -0.4 is 5.32 Å². The molecule has 0 radical (unpaired) electrons. The molecule has 3 heterocycles. The first-order chi connectivity index (χ1) is 12.7. The lowest BCUT2D eigenvalue weighted by Gasteiger charge is -2.05. The highest BCUT2D eigenvalue weighted by Crippen LogP contribution is 2.33. The highest BCUT2D eigenvalue weighted by atomic mass is 19.1. The SMILES string of the molecule is CNc1cncc(-c2nc(-c3ccc(F)cc3)[nH]c2-c2ccncc2)c1. The number of anilines is 1. The highest BCUT2D eigenvalue weighted by molar-refractivity contribution is 5.81. The second kappa shape index (κ2) is 6.76. The van der Waals surface area contributed by atoms with Gasteiger partial charge in [0.25, 0.3) is 0 Å². The summed E-state index contributed by atoms with van der Waals surface area (Å²) in [6.07, 6.45) is 7.00. The normalized spacial score (nSPS) is 10.7. The van der Waals surface area contributed by atoms with Gasteiger partial charge in [-0.1, -0.05) is 0 Å². The van der Waals surface area contributed by atoms with Gasteiger partial charge >= 0.3 is 0 Å². The van der Waals surface area contributed by atoms with Crippen molar-refractivity contribution in [2.75, 3.05) is 12.4 Å². The van der Waals surface area contributed by atoms with Gasteiger partial charge in [0, 0.05) is 48.5 Å². The second-order valence-corrected chi connectivity index (χ2v) is 5.76. The van der Waals surface area contributed by atoms with Gasteiger partial charge in [0.05, 0.1) is 17.1 Å². The number of hydrogen-bond donors (Lipinski definition) is 2. The Hall–Kier alpha value is -3.54. The minimum atomic E-state index is -0.277. The van der Waals surface area contributed by atoms with Gasteiger partial charge in [-0.3, -0.25) is 9.97 Å². The molecule has 3 aromatic heterocycles. The molecular weight excluding hydrogens is 329 g/mol. The third kappa shape index (κ3) is 3.04. The number of rotatable bonds is 4. The molecule has 4 rings (SSSR count). The van der Waals surface area contributed by atoms with Crippen LogP contribution in [0.3, 0.4) is 0 Å². The predicted molar refractivity (Wildman–Crippen MR) is 100.0 cm³/mol. The number of hydrogen-bond acceptors (Lipinski definition) is 4. The molecule has 0 saturated carbocycles. The van der Waals surface area contributed by atoms with Gasteiger partial charge < -0.3 is 10.3 Å². The maximum atomic E-state index is 13.2. The third-order valence-electron chi connectivity index (χ3n) is 4.09. The molecule has 5 nitrogen and oxygen atoms in total. The zero-order valence-corrected chi connectivity index (χ0v) is 14.1. The van der Waals surface area contributed by atoms with Crippen LogP contribution in [0.2, 0.25) is 0 Å². The van der Waals surface area contributed by atoms with Gasteiger partial charge in [0.2, 0.25) is 0 Å². The summed E-state index contributed by atoms with van der Waals surface area (Å²) in [5.74, 6) is 0.391. The minimum absolute atomic E-state index is 0.277. The maximum Gasteiger partial charge on any atom is 0.138 e. The molecule has 0 aliphatic carbocycles. The summed E-state index contributed by atoms with van der Waals surface area (Å²) < 4.78 is 13.2. The Labute approximate surface area is 150 Å². The van der Waals surface area contributed by atoms with E-state index in [1.54, 1.807) is 36.9 Å². The molecule has 2 N–H and O–H groups in total. The molecule has 4 aromatic rings. The number of imidazole rings is 1. The summed E-state index contributed by atoms with van der Waals surface area (Å²) in [6, 6.07) is 12.1. The molecule has 6 heteroatoms. The highest BCUT2D eigenvalue weighted by Gasteiger charge is 2.16. The number of nitrogens with one attached hydrogen (secondary N) is 2. The summed E-state index contributed by atoms with van der Waals surface area (Å²) in [5, 5.41) is 3.09. The number of halogens is 1. The largest absolute Gasteiger partial charge is 0.387 e. The van der Waals surface area contributed by atoms with Gasteiger partial charge in [-0.25, -0.2) is 9.37 Å². The Morgan fingerprint density at radius 2 is 1.65 bits per heavy atom. The van der Waals surface area contributed by atoms with Gasteiger partial charge in [-0.05, 0) is 42.5 Å². The maximum absolute atomic E-state index is 13.2. The summed E-state index contributed by atoms with van der Waals surface area (Å²) >= 11 is 0. The topological polar surface area (TPSA) is 66.5 Å². The van der Waals surface area contributed by atoms with E-state index in [-0.39, 0.29) is 5.82 Å². The van der Waals surface area contributed by atoms with Crippen molar-refractivity contribution in [3.05, 3.63) is 73.1 Å². The van der Waals surface area contributed by atoms with Gasteiger partial charge in [-0.2, -0.15) is 0 Å². The second-order valence-electron chi connectivity index (χ2n) is 5.76. The van der Waals surface area contributed by atoms with Crippen LogP contribution in [0.5, 0.6) is 0 Å². The van der Waals surface area contributed by atoms with Crippen LogP contribution in [0, 0.1) is 5.82 Å². The molecule has 0 atom stereocenters. The monoisotopic (exact) mass is 345 g/mol. The Morgan fingerprint density at radius 3 is 2.38 bits per heavy atom. The number of aromatic nitrogens is 4. The lowest BCUT2D eigenvalue weighted by molar-refractivity contribution is 0.628. The lowest BCUT2D eigenvalue weighted by Crippen LogP contribution is -1.91. The standard InChI is InChI=1S/C20H16FN5/c1-22-17-10-15(11-24-12-17)19-18(13-6-8-23-9-7-13)25-20(26-19)14-2-4-16(21)5-3-14/h2-12,22H,1H3,(H,25,26). The van der Waals surface area contributed by atoms with Gasteiger partial charge in [0.1, 0.15) is 11.6 Å². The molecule has 0 amide bonds. The summed E-state index contributed by atoms with van der Waals surface area (Å²) in [6.45, 7) is 0. The van der Waals surface area contributed by atoms with Crippen molar-refractivity contribution in [1.82, 2.24) is 19.9 Å². The van der Waals surface area contributed by atoms with E-state index < -0.39 is 0 Å². The van der Waals surface area contributed by atoms with E-state index in [1.807, 2.05) is 25.2 Å². The molecule has 0 unspecified atom stereocenters. The molecule has 0 fully saturated rings. The van der Waals surface area contributed by atoms with Crippen LogP contribution in [-0.4, -0.2) is 27.0 Å². The molecule has 1 aromatic carbocycles. The molecule has 0 saturated heterocycles. The van der Waals surface area contributed by atoms with Crippen LogP contribution in [0.15, 0.2) is 67.3 Å². The number of pyridine rings is 2. The van der Waals surface area contributed by atoms with Crippen LogP contribution in [0.4, 0.5) is 10.1 Å². The fourth-order valence-electron chi connectivity index (χ4n) is 2.76. The average Bonchev–Trinajstić information content (AvgIpc) is 3.15. The average molecular weight is 345 g/mol. The molecule has 0 aliphatic heterocycles. The Balaban J connectivity index is 1.89. The van der Waals surface area contributed by atoms with E-state index in [2.05, 4.69) is 20.3 Å². The number of nitrogens with zero attached hydrogens (tertiary/aromatic N) is 3. The molecule has 0 aliphatic rings. The van der Waals surface area contributed by atoms with E-state index in [9.17, 15) is 4.39 Å². The summed E-state index contributed by atoms with van der Waals surface area (Å²) in [5.41, 5.74) is 5.20. The number of benzene rings is 1. The minimum Gasteiger partial charge on any atom is -0.387 e. The van der Waals surface area contributed by atoms with Crippen molar-refractivity contribution in [2.24, 2.45) is 0 Å². The van der Waals surface area contributed by atoms with Crippen molar-refractivity contribution in [1.29, 1.82) is 0 Å². The van der Waals surface area contributed by atoms with Crippen molar-refractivity contribution in [2.45, 2.75) is 0 Å². The molecule has 0 bridgehead atoms. The first-order valence-electron chi connectivity index (χ1n) is 8.14. The van der Waals surface area contributed by atoms with Gasteiger partial charge in [0.15, 0.2) is 0 Å². The Kier molecular flexibility index (Phi) is 4.15. The summed E-state index contributed by atoms with van der Waals surface area (Å²) in [4.78, 5) is 16.5. The quantitative estimate of drug-likeness (QED) is 0.576. The molecule has 128 valence electrons. The molecular formula is C20H16FN5. The zero-order valence-electron chi connectivity index (χ0n) is 14.1. The van der Waals surface area contributed by atoms with Crippen molar-refractivity contribution in [3.63, 3.8) is 0 Å². The van der Waals surface area contributed by atoms with Crippen LogP contribution in [0.1, 0.15) is 0 Å². The Bertz CT molecular complexity index is 1030. The van der Waals surface area contributed by atoms with E-state index in [0.29, 0.717) is 5.82 Å². The zero-order chi connectivity index (χ0) is 17.9. The Morgan fingerprint density at radius 1 is 0.885 bits per heavy atom. The molecule has 26 heavy (non-hydrogen) atoms.